The molecule has 1 aromatic heterocycles. The molecule has 0 radical (unpaired) electrons. The first-order chi connectivity index (χ1) is 8.72. The van der Waals surface area contributed by atoms with Gasteiger partial charge in [-0.1, -0.05) is 6.92 Å². The number of nitrogens with one attached hydrogen (secondary N) is 1. The number of ether oxygens (including phenoxy) is 1. The maximum atomic E-state index is 5.88. The topological polar surface area (TPSA) is 37.6 Å². The van der Waals surface area contributed by atoms with Crippen LogP contribution in [-0.2, 0) is 17.8 Å². The van der Waals surface area contributed by atoms with E-state index in [9.17, 15) is 0 Å². The van der Waals surface area contributed by atoms with Crippen molar-refractivity contribution in [2.45, 2.75) is 39.5 Å². The van der Waals surface area contributed by atoms with Gasteiger partial charge in [0.25, 0.3) is 0 Å². The molecule has 0 aromatic carbocycles. The first-order valence-corrected chi connectivity index (χ1v) is 6.79. The molecule has 0 spiro atoms. The Morgan fingerprint density at radius 2 is 2.33 bits per heavy atom. The molecule has 0 bridgehead atoms. The molecule has 1 saturated heterocycles. The summed E-state index contributed by atoms with van der Waals surface area (Å²) in [6.07, 6.45) is 1.46. The first-order valence-electron chi connectivity index (χ1n) is 6.79. The van der Waals surface area contributed by atoms with E-state index >= 15 is 0 Å². The molecular weight excluding hydrogens is 228 g/mol. The summed E-state index contributed by atoms with van der Waals surface area (Å²) >= 11 is 0. The average Bonchev–Trinajstić information content (AvgIpc) is 2.70. The summed E-state index contributed by atoms with van der Waals surface area (Å²) in [5.41, 5.74) is 1.24. The van der Waals surface area contributed by atoms with Crippen LogP contribution in [0.15, 0.2) is 10.5 Å². The van der Waals surface area contributed by atoms with Crippen LogP contribution in [0.4, 0.5) is 0 Å². The monoisotopic (exact) mass is 252 g/mol. The predicted molar refractivity (Wildman–Crippen MR) is 71.5 cm³/mol. The molecule has 1 aliphatic rings. The van der Waals surface area contributed by atoms with E-state index < -0.39 is 0 Å². The molecule has 0 amide bonds. The summed E-state index contributed by atoms with van der Waals surface area (Å²) in [4.78, 5) is 2.42. The Bertz CT molecular complexity index is 376. The third-order valence-corrected chi connectivity index (χ3v) is 3.47. The molecule has 1 fully saturated rings. The van der Waals surface area contributed by atoms with Crippen molar-refractivity contribution in [2.75, 3.05) is 26.7 Å². The zero-order chi connectivity index (χ0) is 13.0. The van der Waals surface area contributed by atoms with E-state index in [1.165, 1.54) is 5.56 Å². The molecule has 2 heterocycles. The van der Waals surface area contributed by atoms with Gasteiger partial charge in [-0.3, -0.25) is 4.90 Å². The van der Waals surface area contributed by atoms with Gasteiger partial charge in [-0.15, -0.1) is 0 Å². The van der Waals surface area contributed by atoms with Crippen molar-refractivity contribution >= 4 is 0 Å². The van der Waals surface area contributed by atoms with E-state index in [4.69, 9.17) is 9.15 Å². The van der Waals surface area contributed by atoms with E-state index in [2.05, 4.69) is 30.1 Å². The second-order valence-electron chi connectivity index (χ2n) is 4.99. The summed E-state index contributed by atoms with van der Waals surface area (Å²) in [6, 6.07) is 2.16. The SMILES string of the molecule is CCC1CN(Cc2cc(C)c(CNC)o2)CCO1. The second-order valence-corrected chi connectivity index (χ2v) is 4.99. The zero-order valence-electron chi connectivity index (χ0n) is 11.7. The summed E-state index contributed by atoms with van der Waals surface area (Å²) in [5, 5.41) is 3.13. The van der Waals surface area contributed by atoms with Crippen molar-refractivity contribution in [3.05, 3.63) is 23.2 Å². The van der Waals surface area contributed by atoms with Gasteiger partial charge in [-0.2, -0.15) is 0 Å². The number of furan rings is 1. The highest BCUT2D eigenvalue weighted by molar-refractivity contribution is 5.20. The van der Waals surface area contributed by atoms with E-state index in [0.29, 0.717) is 6.10 Å². The summed E-state index contributed by atoms with van der Waals surface area (Å²) in [6.45, 7) is 8.82. The highest BCUT2D eigenvalue weighted by Gasteiger charge is 2.20. The fourth-order valence-corrected chi connectivity index (χ4v) is 2.40. The van der Waals surface area contributed by atoms with Gasteiger partial charge < -0.3 is 14.5 Å². The van der Waals surface area contributed by atoms with Crippen molar-refractivity contribution < 1.29 is 9.15 Å². The lowest BCUT2D eigenvalue weighted by Crippen LogP contribution is -2.41. The van der Waals surface area contributed by atoms with Crippen molar-refractivity contribution in [3.8, 4) is 0 Å². The fraction of sp³-hybridized carbons (Fsp3) is 0.714. The number of aryl methyl sites for hydroxylation is 1. The lowest BCUT2D eigenvalue weighted by atomic mass is 10.2. The largest absolute Gasteiger partial charge is 0.463 e. The van der Waals surface area contributed by atoms with Crippen LogP contribution in [0.25, 0.3) is 0 Å². The predicted octanol–water partition coefficient (Wildman–Crippen LogP) is 1.92. The number of nitrogens with zero attached hydrogens (tertiary/aromatic N) is 1. The molecular formula is C14H24N2O2. The van der Waals surface area contributed by atoms with Crippen LogP contribution in [0.3, 0.4) is 0 Å². The molecule has 0 saturated carbocycles. The smallest absolute Gasteiger partial charge is 0.120 e. The number of morpholine rings is 1. The first kappa shape index (κ1) is 13.6. The molecule has 18 heavy (non-hydrogen) atoms. The number of rotatable bonds is 5. The number of hydrogen-bond acceptors (Lipinski definition) is 4. The lowest BCUT2D eigenvalue weighted by molar-refractivity contribution is -0.0342. The molecule has 1 unspecified atom stereocenters. The zero-order valence-corrected chi connectivity index (χ0v) is 11.7. The molecule has 4 heteroatoms. The normalized spacial score (nSPS) is 21.4. The van der Waals surface area contributed by atoms with Crippen molar-refractivity contribution in [1.82, 2.24) is 10.2 Å². The number of hydrogen-bond donors (Lipinski definition) is 1. The molecule has 0 aliphatic carbocycles. The van der Waals surface area contributed by atoms with Gasteiger partial charge in [0.1, 0.15) is 11.5 Å². The molecule has 2 rings (SSSR count). The van der Waals surface area contributed by atoms with Crippen LogP contribution >= 0.6 is 0 Å². The van der Waals surface area contributed by atoms with E-state index in [-0.39, 0.29) is 0 Å². The third kappa shape index (κ3) is 3.34. The molecule has 1 aliphatic heterocycles. The summed E-state index contributed by atoms with van der Waals surface area (Å²) in [5.74, 6) is 2.11. The van der Waals surface area contributed by atoms with E-state index in [1.54, 1.807) is 0 Å². The molecule has 102 valence electrons. The quantitative estimate of drug-likeness (QED) is 0.869. The molecule has 4 nitrogen and oxygen atoms in total. The minimum Gasteiger partial charge on any atom is -0.463 e. The maximum Gasteiger partial charge on any atom is 0.120 e. The molecule has 1 N–H and O–H groups in total. The van der Waals surface area contributed by atoms with Crippen molar-refractivity contribution in [3.63, 3.8) is 0 Å². The molecule has 1 atom stereocenters. The van der Waals surface area contributed by atoms with Crippen LogP contribution < -0.4 is 5.32 Å². The van der Waals surface area contributed by atoms with Crippen LogP contribution in [0, 0.1) is 6.92 Å². The van der Waals surface area contributed by atoms with Crippen LogP contribution in [0.1, 0.15) is 30.4 Å². The van der Waals surface area contributed by atoms with Crippen LogP contribution in [-0.4, -0.2) is 37.7 Å². The van der Waals surface area contributed by atoms with Crippen LogP contribution in [0.5, 0.6) is 0 Å². The Kier molecular flexibility index (Phi) is 4.80. The van der Waals surface area contributed by atoms with Gasteiger partial charge in [-0.05, 0) is 32.0 Å². The Labute approximate surface area is 109 Å². The lowest BCUT2D eigenvalue weighted by Gasteiger charge is -2.31. The Balaban J connectivity index is 1.94. The highest BCUT2D eigenvalue weighted by Crippen LogP contribution is 2.18. The average molecular weight is 252 g/mol. The van der Waals surface area contributed by atoms with Gasteiger partial charge in [0.2, 0.25) is 0 Å². The Morgan fingerprint density at radius 3 is 3.06 bits per heavy atom. The van der Waals surface area contributed by atoms with E-state index in [0.717, 1.165) is 50.7 Å². The standard InChI is InChI=1S/C14H24N2O2/c1-4-12-9-16(5-6-17-12)10-13-7-11(2)14(18-13)8-15-3/h7,12,15H,4-6,8-10H2,1-3H3. The summed E-state index contributed by atoms with van der Waals surface area (Å²) in [7, 11) is 1.94. The maximum absolute atomic E-state index is 5.88. The Morgan fingerprint density at radius 1 is 1.50 bits per heavy atom. The van der Waals surface area contributed by atoms with Crippen molar-refractivity contribution in [1.29, 1.82) is 0 Å². The van der Waals surface area contributed by atoms with Gasteiger partial charge in [-0.25, -0.2) is 0 Å². The fourth-order valence-electron chi connectivity index (χ4n) is 2.40. The van der Waals surface area contributed by atoms with Gasteiger partial charge >= 0.3 is 0 Å². The second kappa shape index (κ2) is 6.36. The van der Waals surface area contributed by atoms with Crippen LogP contribution in [0.2, 0.25) is 0 Å². The van der Waals surface area contributed by atoms with E-state index in [1.807, 2.05) is 7.05 Å². The molecule has 1 aromatic rings. The minimum atomic E-state index is 0.381. The third-order valence-electron chi connectivity index (χ3n) is 3.47. The highest BCUT2D eigenvalue weighted by atomic mass is 16.5. The minimum absolute atomic E-state index is 0.381. The Hall–Kier alpha value is -0.840. The summed E-state index contributed by atoms with van der Waals surface area (Å²) < 4.78 is 11.6. The van der Waals surface area contributed by atoms with Gasteiger partial charge in [0.15, 0.2) is 0 Å². The van der Waals surface area contributed by atoms with Gasteiger partial charge in [0, 0.05) is 13.1 Å². The van der Waals surface area contributed by atoms with Gasteiger partial charge in [0.05, 0.1) is 25.8 Å². The van der Waals surface area contributed by atoms with Crippen molar-refractivity contribution in [2.24, 2.45) is 0 Å².